The molecule has 4 aromatic rings. The molecule has 0 fully saturated rings. The van der Waals surface area contributed by atoms with Crippen molar-refractivity contribution in [1.29, 1.82) is 0 Å². The van der Waals surface area contributed by atoms with Crippen molar-refractivity contribution in [2.24, 2.45) is 5.92 Å². The van der Waals surface area contributed by atoms with Gasteiger partial charge in [-0.3, -0.25) is 4.98 Å². The third-order valence-electron chi connectivity index (χ3n) is 3.98. The second kappa shape index (κ2) is 6.51. The first-order valence-corrected chi connectivity index (χ1v) is 8.30. The molecule has 1 unspecified atom stereocenters. The number of hydrogen-bond acceptors (Lipinski definition) is 8. The molecule has 26 heavy (non-hydrogen) atoms. The Morgan fingerprint density at radius 3 is 2.88 bits per heavy atom. The van der Waals surface area contributed by atoms with E-state index < -0.39 is 0 Å². The predicted molar refractivity (Wildman–Crippen MR) is 94.2 cm³/mol. The molecule has 1 atom stereocenters. The summed E-state index contributed by atoms with van der Waals surface area (Å²) in [4.78, 5) is 17.1. The van der Waals surface area contributed by atoms with Crippen LogP contribution in [0.5, 0.6) is 0 Å². The summed E-state index contributed by atoms with van der Waals surface area (Å²) in [5, 5.41) is 11.8. The normalized spacial score (nSPS) is 12.6. The fourth-order valence-electron chi connectivity index (χ4n) is 2.68. The summed E-state index contributed by atoms with van der Waals surface area (Å²) in [6, 6.07) is 5.45. The molecular formula is C17H18N8O. The van der Waals surface area contributed by atoms with E-state index in [4.69, 9.17) is 4.52 Å². The number of nitrogens with zero attached hydrogens (tertiary/aromatic N) is 7. The maximum absolute atomic E-state index is 5.53. The third-order valence-corrected chi connectivity index (χ3v) is 3.98. The molecule has 0 aromatic carbocycles. The zero-order valence-electron chi connectivity index (χ0n) is 14.7. The number of rotatable bonds is 5. The molecular weight excluding hydrogens is 332 g/mol. The third kappa shape index (κ3) is 2.99. The van der Waals surface area contributed by atoms with Crippen molar-refractivity contribution < 1.29 is 4.52 Å². The van der Waals surface area contributed by atoms with Crippen LogP contribution in [0.25, 0.3) is 17.2 Å². The van der Waals surface area contributed by atoms with Crippen molar-refractivity contribution in [3.05, 3.63) is 48.5 Å². The number of aromatic nitrogens is 7. The summed E-state index contributed by atoms with van der Waals surface area (Å²) in [7, 11) is 0. The quantitative estimate of drug-likeness (QED) is 0.585. The molecule has 0 radical (unpaired) electrons. The van der Waals surface area contributed by atoms with Crippen LogP contribution in [0.4, 0.5) is 5.82 Å². The molecule has 0 saturated heterocycles. The molecule has 9 heteroatoms. The Hall–Kier alpha value is -3.36. The van der Waals surface area contributed by atoms with Crippen LogP contribution in [-0.4, -0.2) is 34.7 Å². The highest BCUT2D eigenvalue weighted by Gasteiger charge is 2.24. The van der Waals surface area contributed by atoms with Crippen LogP contribution in [0.3, 0.4) is 0 Å². The van der Waals surface area contributed by atoms with E-state index in [2.05, 4.69) is 49.4 Å². The Morgan fingerprint density at radius 1 is 1.23 bits per heavy atom. The van der Waals surface area contributed by atoms with Gasteiger partial charge in [-0.1, -0.05) is 19.0 Å². The van der Waals surface area contributed by atoms with Gasteiger partial charge in [0.15, 0.2) is 0 Å². The molecule has 4 rings (SSSR count). The van der Waals surface area contributed by atoms with Crippen LogP contribution >= 0.6 is 0 Å². The van der Waals surface area contributed by atoms with Crippen molar-refractivity contribution in [2.75, 3.05) is 5.32 Å². The van der Waals surface area contributed by atoms with Crippen molar-refractivity contribution in [3.8, 4) is 11.4 Å². The number of aryl methyl sites for hydroxylation is 1. The highest BCUT2D eigenvalue weighted by molar-refractivity contribution is 5.52. The van der Waals surface area contributed by atoms with E-state index in [1.807, 2.05) is 25.1 Å². The van der Waals surface area contributed by atoms with E-state index in [0.717, 1.165) is 17.1 Å². The van der Waals surface area contributed by atoms with E-state index in [1.54, 1.807) is 16.9 Å². The fraction of sp³-hybridized carbons (Fsp3) is 0.294. The van der Waals surface area contributed by atoms with E-state index >= 15 is 0 Å². The minimum absolute atomic E-state index is 0.192. The summed E-state index contributed by atoms with van der Waals surface area (Å²) in [5.74, 6) is 2.52. The Kier molecular flexibility index (Phi) is 4.04. The molecule has 0 aliphatic heterocycles. The Bertz CT molecular complexity index is 1020. The minimum atomic E-state index is -0.192. The van der Waals surface area contributed by atoms with Gasteiger partial charge in [-0.15, -0.1) is 0 Å². The van der Waals surface area contributed by atoms with Crippen LogP contribution < -0.4 is 5.32 Å². The van der Waals surface area contributed by atoms with Crippen LogP contribution in [0.15, 0.2) is 41.4 Å². The lowest BCUT2D eigenvalue weighted by atomic mass is 10.0. The van der Waals surface area contributed by atoms with Crippen molar-refractivity contribution in [1.82, 2.24) is 34.7 Å². The molecule has 0 aliphatic carbocycles. The van der Waals surface area contributed by atoms with Crippen molar-refractivity contribution in [2.45, 2.75) is 26.8 Å². The Balaban J connectivity index is 1.68. The second-order valence-electron chi connectivity index (χ2n) is 6.32. The zero-order chi connectivity index (χ0) is 18.1. The minimum Gasteiger partial charge on any atom is -0.358 e. The molecule has 0 aliphatic rings. The zero-order valence-corrected chi connectivity index (χ0v) is 14.7. The molecule has 4 aromatic heterocycles. The smallest absolute Gasteiger partial charge is 0.254 e. The average molecular weight is 350 g/mol. The van der Waals surface area contributed by atoms with Gasteiger partial charge >= 0.3 is 0 Å². The fourth-order valence-corrected chi connectivity index (χ4v) is 2.68. The molecule has 9 nitrogen and oxygen atoms in total. The first kappa shape index (κ1) is 16.1. The van der Waals surface area contributed by atoms with Gasteiger partial charge < -0.3 is 9.84 Å². The molecule has 0 saturated carbocycles. The molecule has 4 heterocycles. The van der Waals surface area contributed by atoms with Gasteiger partial charge in [-0.05, 0) is 25.0 Å². The van der Waals surface area contributed by atoms with Gasteiger partial charge in [0, 0.05) is 29.7 Å². The number of fused-ring (bicyclic) bond motifs is 1. The summed E-state index contributed by atoms with van der Waals surface area (Å²) >= 11 is 0. The summed E-state index contributed by atoms with van der Waals surface area (Å²) in [6.07, 6.45) is 4.89. The first-order valence-electron chi connectivity index (χ1n) is 8.30. The average Bonchev–Trinajstić information content (AvgIpc) is 3.29. The molecule has 0 bridgehead atoms. The van der Waals surface area contributed by atoms with Crippen molar-refractivity contribution in [3.63, 3.8) is 0 Å². The van der Waals surface area contributed by atoms with Gasteiger partial charge in [-0.25, -0.2) is 4.98 Å². The first-order chi connectivity index (χ1) is 12.6. The van der Waals surface area contributed by atoms with E-state index in [-0.39, 0.29) is 12.0 Å². The van der Waals surface area contributed by atoms with Gasteiger partial charge in [0.1, 0.15) is 18.2 Å². The summed E-state index contributed by atoms with van der Waals surface area (Å²) < 4.78 is 7.18. The highest BCUT2D eigenvalue weighted by Crippen LogP contribution is 2.27. The number of anilines is 1. The van der Waals surface area contributed by atoms with E-state index in [9.17, 15) is 0 Å². The second-order valence-corrected chi connectivity index (χ2v) is 6.32. The number of nitrogens with one attached hydrogen (secondary N) is 1. The Labute approximate surface area is 149 Å². The lowest BCUT2D eigenvalue weighted by Crippen LogP contribution is -2.19. The Morgan fingerprint density at radius 2 is 2.12 bits per heavy atom. The molecule has 1 N–H and O–H groups in total. The van der Waals surface area contributed by atoms with Gasteiger partial charge in [0.25, 0.3) is 5.78 Å². The molecule has 132 valence electrons. The highest BCUT2D eigenvalue weighted by atomic mass is 16.5. The predicted octanol–water partition coefficient (Wildman–Crippen LogP) is 2.69. The maximum atomic E-state index is 5.53. The topological polar surface area (TPSA) is 107 Å². The molecule has 0 spiro atoms. The van der Waals surface area contributed by atoms with Crippen LogP contribution in [0, 0.1) is 12.8 Å². The number of pyridine rings is 1. The summed E-state index contributed by atoms with van der Waals surface area (Å²) in [6.45, 7) is 6.08. The van der Waals surface area contributed by atoms with E-state index in [1.165, 1.54) is 6.33 Å². The largest absolute Gasteiger partial charge is 0.358 e. The van der Waals surface area contributed by atoms with Gasteiger partial charge in [0.2, 0.25) is 11.7 Å². The van der Waals surface area contributed by atoms with Crippen LogP contribution in [0.1, 0.15) is 31.5 Å². The van der Waals surface area contributed by atoms with E-state index in [0.29, 0.717) is 17.5 Å². The molecule has 0 amide bonds. The standard InChI is InChI=1S/C17H18N8O/c1-10(2)14(16-23-15(24-26-16)12-5-4-6-18-8-12)22-13-7-11(3)21-17-19-9-20-25(13)17/h4-10,14,22H,1-3H3. The lowest BCUT2D eigenvalue weighted by Gasteiger charge is -2.20. The van der Waals surface area contributed by atoms with Crippen molar-refractivity contribution >= 4 is 11.6 Å². The number of hydrogen-bond donors (Lipinski definition) is 1. The van der Waals surface area contributed by atoms with Gasteiger partial charge in [-0.2, -0.15) is 19.6 Å². The monoisotopic (exact) mass is 350 g/mol. The van der Waals surface area contributed by atoms with Crippen LogP contribution in [-0.2, 0) is 0 Å². The van der Waals surface area contributed by atoms with Gasteiger partial charge in [0.05, 0.1) is 0 Å². The maximum Gasteiger partial charge on any atom is 0.254 e. The summed E-state index contributed by atoms with van der Waals surface area (Å²) in [5.41, 5.74) is 1.65. The van der Waals surface area contributed by atoms with Crippen LogP contribution in [0.2, 0.25) is 0 Å². The lowest BCUT2D eigenvalue weighted by molar-refractivity contribution is 0.335. The SMILES string of the molecule is Cc1cc(NC(c2nc(-c3cccnc3)no2)C(C)C)n2ncnc2n1.